The number of ether oxygens (including phenoxy) is 1. The number of amides is 3. The fourth-order valence-electron chi connectivity index (χ4n) is 6.79. The Balaban J connectivity index is 1.88. The summed E-state index contributed by atoms with van der Waals surface area (Å²) in [6.45, 7) is 9.37. The van der Waals surface area contributed by atoms with Gasteiger partial charge >= 0.3 is 0 Å². The van der Waals surface area contributed by atoms with E-state index in [1.807, 2.05) is 50.0 Å². The molecular weight excluding hydrogens is 458 g/mol. The number of aliphatic hydroxyl groups excluding tert-OH is 1. The Hall–Kier alpha value is -2.19. The zero-order chi connectivity index (χ0) is 26.3. The Bertz CT molecular complexity index is 934. The fraction of sp³-hybridized carbons (Fsp3) is 0.750. The van der Waals surface area contributed by atoms with Gasteiger partial charge in [-0.2, -0.15) is 0 Å². The average Bonchev–Trinajstić information content (AvgIpc) is 3.17. The molecule has 1 spiro atoms. The molecule has 0 aliphatic carbocycles. The first-order chi connectivity index (χ1) is 17.2. The van der Waals surface area contributed by atoms with Crippen molar-refractivity contribution >= 4 is 17.7 Å². The normalized spacial score (nSPS) is 35.4. The first-order valence-corrected chi connectivity index (χ1v) is 13.7. The molecule has 0 radical (unpaired) electrons. The van der Waals surface area contributed by atoms with Crippen molar-refractivity contribution in [1.82, 2.24) is 14.7 Å². The SMILES string of the molecule is CCCCCN1CC=C[C@]23O[C@]4(CC)C=CCN(C)C(=O)[C@@H]4[C@H]2C(=O)N([C@@H](CO)[C@@H](C)CC)C3C1=O. The van der Waals surface area contributed by atoms with E-state index in [9.17, 15) is 19.5 Å². The Kier molecular flexibility index (Phi) is 7.68. The molecule has 3 amide bonds. The van der Waals surface area contributed by atoms with Crippen LogP contribution in [0.1, 0.15) is 59.8 Å². The van der Waals surface area contributed by atoms with E-state index in [4.69, 9.17) is 4.74 Å². The minimum Gasteiger partial charge on any atom is -0.394 e. The second kappa shape index (κ2) is 10.3. The third kappa shape index (κ3) is 3.92. The van der Waals surface area contributed by atoms with Crippen molar-refractivity contribution in [3.8, 4) is 0 Å². The Morgan fingerprint density at radius 2 is 1.75 bits per heavy atom. The number of carbonyl (C=O) groups excluding carboxylic acids is 3. The number of carbonyl (C=O) groups is 3. The van der Waals surface area contributed by atoms with Gasteiger partial charge in [0.1, 0.15) is 11.6 Å². The summed E-state index contributed by atoms with van der Waals surface area (Å²) < 4.78 is 6.94. The van der Waals surface area contributed by atoms with Gasteiger partial charge in [0, 0.05) is 26.7 Å². The predicted octanol–water partition coefficient (Wildman–Crippen LogP) is 2.37. The lowest BCUT2D eigenvalue weighted by atomic mass is 9.73. The van der Waals surface area contributed by atoms with Crippen LogP contribution in [0.15, 0.2) is 24.3 Å². The molecule has 4 aliphatic heterocycles. The molecule has 36 heavy (non-hydrogen) atoms. The molecule has 4 heterocycles. The van der Waals surface area contributed by atoms with Crippen molar-refractivity contribution in [2.45, 2.75) is 83.1 Å². The number of fused-ring (bicyclic) bond motifs is 2. The molecule has 2 fully saturated rings. The van der Waals surface area contributed by atoms with Crippen molar-refractivity contribution in [2.75, 3.05) is 33.3 Å². The van der Waals surface area contributed by atoms with E-state index in [1.165, 1.54) is 0 Å². The Morgan fingerprint density at radius 1 is 1.03 bits per heavy atom. The first kappa shape index (κ1) is 26.9. The van der Waals surface area contributed by atoms with E-state index in [1.54, 1.807) is 16.8 Å². The van der Waals surface area contributed by atoms with Crippen LogP contribution in [-0.4, -0.2) is 94.1 Å². The van der Waals surface area contributed by atoms with Crippen LogP contribution < -0.4 is 0 Å². The zero-order valence-corrected chi connectivity index (χ0v) is 22.5. The van der Waals surface area contributed by atoms with Gasteiger partial charge in [0.05, 0.1) is 30.1 Å². The summed E-state index contributed by atoms with van der Waals surface area (Å²) in [5.41, 5.74) is -2.22. The lowest BCUT2D eigenvalue weighted by Gasteiger charge is -2.42. The number of hydrogen-bond acceptors (Lipinski definition) is 5. The van der Waals surface area contributed by atoms with E-state index in [2.05, 4.69) is 6.92 Å². The van der Waals surface area contributed by atoms with Gasteiger partial charge in [-0.25, -0.2) is 0 Å². The molecule has 2 saturated heterocycles. The van der Waals surface area contributed by atoms with Crippen LogP contribution in [-0.2, 0) is 19.1 Å². The zero-order valence-electron chi connectivity index (χ0n) is 22.5. The molecule has 0 aromatic heterocycles. The summed E-state index contributed by atoms with van der Waals surface area (Å²) in [5, 5.41) is 10.5. The standard InChI is InChI=1S/C28H43N3O5/c1-6-9-10-16-30-17-12-14-28-22(21-24(33)29(5)15-11-13-27(21,8-3)36-28)25(34)31(23(28)26(30)35)20(18-32)19(4)7-2/h11-14,19-23,32H,6-10,15-18H2,1-5H3/t19-,20-,21-,22-,23?,27+,28-/m0/s1. The van der Waals surface area contributed by atoms with Crippen LogP contribution in [0.2, 0.25) is 0 Å². The predicted molar refractivity (Wildman–Crippen MR) is 137 cm³/mol. The highest BCUT2D eigenvalue weighted by molar-refractivity contribution is 6.00. The van der Waals surface area contributed by atoms with Crippen LogP contribution in [0, 0.1) is 17.8 Å². The number of nitrogens with zero attached hydrogens (tertiary/aromatic N) is 3. The molecular formula is C28H43N3O5. The minimum absolute atomic E-state index is 0.0215. The summed E-state index contributed by atoms with van der Waals surface area (Å²) in [4.78, 5) is 47.5. The molecule has 0 aromatic carbocycles. The molecule has 0 bridgehead atoms. The van der Waals surface area contributed by atoms with Gasteiger partial charge in [-0.3, -0.25) is 14.4 Å². The summed E-state index contributed by atoms with van der Waals surface area (Å²) in [7, 11) is 1.75. The molecule has 8 nitrogen and oxygen atoms in total. The maximum absolute atomic E-state index is 14.4. The topological polar surface area (TPSA) is 90.4 Å². The van der Waals surface area contributed by atoms with Crippen molar-refractivity contribution in [1.29, 1.82) is 0 Å². The van der Waals surface area contributed by atoms with Crippen LogP contribution in [0.5, 0.6) is 0 Å². The lowest BCUT2D eigenvalue weighted by Crippen LogP contribution is -2.60. The van der Waals surface area contributed by atoms with Gasteiger partial charge in [-0.15, -0.1) is 0 Å². The molecule has 1 N–H and O–H groups in total. The molecule has 8 heteroatoms. The molecule has 1 unspecified atom stereocenters. The lowest BCUT2D eigenvalue weighted by molar-refractivity contribution is -0.158. The van der Waals surface area contributed by atoms with Gasteiger partial charge in [0.15, 0.2) is 0 Å². The van der Waals surface area contributed by atoms with Crippen molar-refractivity contribution in [2.24, 2.45) is 17.8 Å². The van der Waals surface area contributed by atoms with E-state index < -0.39 is 35.1 Å². The number of aliphatic hydroxyl groups is 1. The Labute approximate surface area is 215 Å². The fourth-order valence-corrected chi connectivity index (χ4v) is 6.79. The number of unbranched alkanes of at least 4 members (excludes halogenated alkanes) is 2. The number of hydrogen-bond donors (Lipinski definition) is 1. The van der Waals surface area contributed by atoms with Gasteiger partial charge < -0.3 is 24.5 Å². The quantitative estimate of drug-likeness (QED) is 0.387. The minimum atomic E-state index is -1.26. The highest BCUT2D eigenvalue weighted by atomic mass is 16.5. The summed E-state index contributed by atoms with van der Waals surface area (Å²) in [5.74, 6) is -2.12. The smallest absolute Gasteiger partial charge is 0.249 e. The number of likely N-dealkylation sites (tertiary alicyclic amines) is 1. The van der Waals surface area contributed by atoms with Crippen molar-refractivity contribution < 1.29 is 24.2 Å². The number of rotatable bonds is 9. The van der Waals surface area contributed by atoms with Crippen LogP contribution in [0.4, 0.5) is 0 Å². The van der Waals surface area contributed by atoms with Gasteiger partial charge in [0.25, 0.3) is 0 Å². The molecule has 0 aromatic rings. The van der Waals surface area contributed by atoms with Crippen LogP contribution in [0.25, 0.3) is 0 Å². The third-order valence-corrected chi connectivity index (χ3v) is 9.04. The molecule has 7 atom stereocenters. The van der Waals surface area contributed by atoms with Crippen molar-refractivity contribution in [3.05, 3.63) is 24.3 Å². The molecule has 200 valence electrons. The summed E-state index contributed by atoms with van der Waals surface area (Å²) >= 11 is 0. The summed E-state index contributed by atoms with van der Waals surface area (Å²) in [6.07, 6.45) is 11.9. The van der Waals surface area contributed by atoms with Crippen LogP contribution >= 0.6 is 0 Å². The monoisotopic (exact) mass is 501 g/mol. The summed E-state index contributed by atoms with van der Waals surface area (Å²) in [6, 6.07) is -1.44. The van der Waals surface area contributed by atoms with E-state index in [0.717, 1.165) is 25.7 Å². The van der Waals surface area contributed by atoms with E-state index in [-0.39, 0.29) is 30.2 Å². The van der Waals surface area contributed by atoms with E-state index >= 15 is 0 Å². The number of likely N-dealkylation sites (N-methyl/N-ethyl adjacent to an activating group) is 1. The third-order valence-electron chi connectivity index (χ3n) is 9.04. The maximum atomic E-state index is 14.4. The molecule has 0 saturated carbocycles. The van der Waals surface area contributed by atoms with Gasteiger partial charge in [-0.1, -0.05) is 71.3 Å². The maximum Gasteiger partial charge on any atom is 0.249 e. The van der Waals surface area contributed by atoms with Gasteiger partial charge in [-0.05, 0) is 18.8 Å². The van der Waals surface area contributed by atoms with Gasteiger partial charge in [0.2, 0.25) is 17.7 Å². The highest BCUT2D eigenvalue weighted by Crippen LogP contribution is 2.59. The van der Waals surface area contributed by atoms with E-state index in [0.29, 0.717) is 26.1 Å². The Morgan fingerprint density at radius 3 is 2.39 bits per heavy atom. The first-order valence-electron chi connectivity index (χ1n) is 13.7. The molecule has 4 rings (SSSR count). The van der Waals surface area contributed by atoms with Crippen LogP contribution in [0.3, 0.4) is 0 Å². The largest absolute Gasteiger partial charge is 0.394 e. The average molecular weight is 502 g/mol. The second-order valence-corrected chi connectivity index (χ2v) is 11.0. The highest BCUT2D eigenvalue weighted by Gasteiger charge is 2.75. The van der Waals surface area contributed by atoms with Crippen molar-refractivity contribution in [3.63, 3.8) is 0 Å². The second-order valence-electron chi connectivity index (χ2n) is 11.0. The molecule has 4 aliphatic rings.